The molecule has 0 saturated heterocycles. The van der Waals surface area contributed by atoms with E-state index < -0.39 is 7.12 Å². The van der Waals surface area contributed by atoms with Crippen molar-refractivity contribution in [2.24, 2.45) is 0 Å². The molecule has 336 valence electrons. The normalized spacial score (nSPS) is 11.5. The van der Waals surface area contributed by atoms with E-state index in [2.05, 4.69) is 199 Å². The van der Waals surface area contributed by atoms with E-state index in [4.69, 9.17) is 0 Å². The van der Waals surface area contributed by atoms with E-state index >= 15 is 0 Å². The van der Waals surface area contributed by atoms with Crippen LogP contribution in [0.4, 0.5) is 0 Å². The maximum atomic E-state index is 9.31. The van der Waals surface area contributed by atoms with Crippen LogP contribution in [0, 0.1) is 0 Å². The number of rotatable bonds is 4. The fourth-order valence-corrected chi connectivity index (χ4v) is 16.9. The van der Waals surface area contributed by atoms with Gasteiger partial charge in [-0.2, -0.15) is 0 Å². The van der Waals surface area contributed by atoms with Crippen LogP contribution >= 0.6 is 93.1 Å². The first-order chi connectivity index (χ1) is 34.3. The Kier molecular flexibility index (Phi) is 12.6. The van der Waals surface area contributed by atoms with Crippen molar-refractivity contribution < 1.29 is 10.0 Å². The monoisotopic (exact) mass is 1160 g/mol. The molecule has 0 aliphatic rings. The first-order valence-corrected chi connectivity index (χ1v) is 28.1. The lowest BCUT2D eigenvalue weighted by atomic mass is 9.80. The molecule has 0 saturated carbocycles. The molecule has 70 heavy (non-hydrogen) atoms. The Morgan fingerprint density at radius 2 is 0.557 bits per heavy atom. The average Bonchev–Trinajstić information content (AvgIpc) is 4.16. The Morgan fingerprint density at radius 3 is 0.886 bits per heavy atom. The van der Waals surface area contributed by atoms with Crippen LogP contribution in [-0.2, 0) is 0 Å². The van der Waals surface area contributed by atoms with Crippen LogP contribution in [0.15, 0.2) is 220 Å². The van der Waals surface area contributed by atoms with E-state index in [1.807, 2.05) is 82.5 Å². The summed E-state index contributed by atoms with van der Waals surface area (Å²) in [6.45, 7) is 0. The summed E-state index contributed by atoms with van der Waals surface area (Å²) in [5, 5.41) is 28.9. The largest absolute Gasteiger partial charge is 0.489 e. The number of thiophene rings is 4. The highest BCUT2D eigenvalue weighted by atomic mass is 79.9. The summed E-state index contributed by atoms with van der Waals surface area (Å²) in [7, 11) is -1.41. The van der Waals surface area contributed by atoms with Gasteiger partial charge in [-0.05, 0) is 105 Å². The third-order valence-electron chi connectivity index (χ3n) is 12.6. The van der Waals surface area contributed by atoms with Crippen LogP contribution < -0.4 is 5.46 Å². The zero-order chi connectivity index (χ0) is 47.5. The second-order valence-corrected chi connectivity index (χ2v) is 23.9. The SMILES string of the molecule is Brc1cc(Br)cc(Br)c1.OB(O)c1cccc2c1sc1ccccc12.c1ccc2c(c1)sc1c(-c3cc(-c4cccc5c4sc4ccccc45)cc(-c4cccc5c4sc4ccccc45)c3)cccc12. The van der Waals surface area contributed by atoms with Gasteiger partial charge in [0.15, 0.2) is 0 Å². The van der Waals surface area contributed by atoms with E-state index in [1.165, 1.54) is 104 Å². The minimum Gasteiger partial charge on any atom is -0.423 e. The predicted octanol–water partition coefficient (Wildman–Crippen LogP) is 19.5. The zero-order valence-electron chi connectivity index (χ0n) is 36.9. The van der Waals surface area contributed by atoms with Gasteiger partial charge >= 0.3 is 7.12 Å². The van der Waals surface area contributed by atoms with Crippen LogP contribution in [0.25, 0.3) is 114 Å². The van der Waals surface area contributed by atoms with Gasteiger partial charge in [0.25, 0.3) is 0 Å². The lowest BCUT2D eigenvalue weighted by Crippen LogP contribution is -2.29. The minimum absolute atomic E-state index is 0.582. The molecule has 2 nitrogen and oxygen atoms in total. The first-order valence-electron chi connectivity index (χ1n) is 22.5. The van der Waals surface area contributed by atoms with Gasteiger partial charge in [0.05, 0.1) is 0 Å². The Morgan fingerprint density at radius 1 is 0.286 bits per heavy atom. The van der Waals surface area contributed by atoms with Crippen molar-refractivity contribution in [3.63, 3.8) is 0 Å². The molecule has 4 aromatic heterocycles. The molecular weight excluding hydrogens is 1130 g/mol. The van der Waals surface area contributed by atoms with Crippen molar-refractivity contribution in [3.8, 4) is 33.4 Å². The Bertz CT molecular complexity index is 3940. The molecule has 14 aromatic rings. The maximum Gasteiger partial charge on any atom is 0.489 e. The van der Waals surface area contributed by atoms with E-state index in [-0.39, 0.29) is 0 Å². The van der Waals surface area contributed by atoms with Gasteiger partial charge in [0.1, 0.15) is 0 Å². The molecule has 14 rings (SSSR count). The molecule has 0 fully saturated rings. The Balaban J connectivity index is 0.000000165. The molecule has 0 spiro atoms. The summed E-state index contributed by atoms with van der Waals surface area (Å²) in [4.78, 5) is 0. The number of benzene rings is 10. The molecular formula is C60H36BBr3O2S4. The van der Waals surface area contributed by atoms with Crippen LogP contribution in [0.2, 0.25) is 0 Å². The molecule has 0 bridgehead atoms. The summed E-state index contributed by atoms with van der Waals surface area (Å²) in [6, 6.07) is 73.8. The van der Waals surface area contributed by atoms with Crippen molar-refractivity contribution in [3.05, 3.63) is 220 Å². The Hall–Kier alpha value is -5.50. The molecule has 0 aliphatic carbocycles. The molecule has 0 atom stereocenters. The summed E-state index contributed by atoms with van der Waals surface area (Å²) in [6.07, 6.45) is 0. The smallest absolute Gasteiger partial charge is 0.423 e. The molecule has 0 radical (unpaired) electrons. The third kappa shape index (κ3) is 8.53. The van der Waals surface area contributed by atoms with Crippen LogP contribution in [0.3, 0.4) is 0 Å². The highest BCUT2D eigenvalue weighted by Crippen LogP contribution is 2.47. The van der Waals surface area contributed by atoms with Gasteiger partial charge in [-0.1, -0.05) is 193 Å². The highest BCUT2D eigenvalue weighted by Gasteiger charge is 2.19. The van der Waals surface area contributed by atoms with Crippen molar-refractivity contribution in [2.45, 2.75) is 0 Å². The molecule has 0 amide bonds. The number of halogens is 3. The molecule has 0 unspecified atom stereocenters. The van der Waals surface area contributed by atoms with E-state index in [9.17, 15) is 10.0 Å². The second kappa shape index (κ2) is 19.3. The van der Waals surface area contributed by atoms with Crippen molar-refractivity contribution >= 4 is 186 Å². The van der Waals surface area contributed by atoms with E-state index in [1.54, 1.807) is 17.4 Å². The number of hydrogen-bond acceptors (Lipinski definition) is 6. The zero-order valence-corrected chi connectivity index (χ0v) is 44.9. The van der Waals surface area contributed by atoms with Gasteiger partial charge in [0, 0.05) is 88.7 Å². The predicted molar refractivity (Wildman–Crippen MR) is 320 cm³/mol. The highest BCUT2D eigenvalue weighted by molar-refractivity contribution is 9.11. The van der Waals surface area contributed by atoms with Gasteiger partial charge < -0.3 is 10.0 Å². The standard InChI is InChI=1S/C42H24S3.C12H9BO2S.C6H3Br3/c1-4-19-37-31(10-1)34-16-7-13-28(40(34)43-37)25-22-26(29-14-8-17-35-32-11-2-5-20-38(32)44-41(29)35)24-27(23-25)30-15-9-18-36-33-12-3-6-21-39(33)45-42(30)36;14-13(15)10-6-3-5-9-8-4-1-2-7-11(8)16-12(9)10;7-4-1-5(8)3-6(9)2-4/h1-24H;1-7,14-15H;1-3H. The summed E-state index contributed by atoms with van der Waals surface area (Å²) in [5.74, 6) is 0. The van der Waals surface area contributed by atoms with Gasteiger partial charge in [-0.3, -0.25) is 0 Å². The first kappa shape index (κ1) is 45.6. The lowest BCUT2D eigenvalue weighted by molar-refractivity contribution is 0.426. The summed E-state index contributed by atoms with van der Waals surface area (Å²) >= 11 is 17.4. The number of hydrogen-bond donors (Lipinski definition) is 2. The van der Waals surface area contributed by atoms with Crippen LogP contribution in [-0.4, -0.2) is 17.2 Å². The molecule has 10 heteroatoms. The fourth-order valence-electron chi connectivity index (χ4n) is 9.51. The van der Waals surface area contributed by atoms with E-state index in [0.29, 0.717) is 5.46 Å². The maximum absolute atomic E-state index is 9.31. The van der Waals surface area contributed by atoms with Gasteiger partial charge in [0.2, 0.25) is 0 Å². The third-order valence-corrected chi connectivity index (χ3v) is 18.9. The Labute approximate surface area is 445 Å². The quantitative estimate of drug-likeness (QED) is 0.172. The minimum atomic E-state index is -1.41. The van der Waals surface area contributed by atoms with Gasteiger partial charge in [-0.15, -0.1) is 45.3 Å². The molecule has 0 aliphatic heterocycles. The van der Waals surface area contributed by atoms with Gasteiger partial charge in [-0.25, -0.2) is 0 Å². The van der Waals surface area contributed by atoms with Crippen molar-refractivity contribution in [2.75, 3.05) is 0 Å². The van der Waals surface area contributed by atoms with Crippen LogP contribution in [0.5, 0.6) is 0 Å². The molecule has 4 heterocycles. The molecule has 2 N–H and O–H groups in total. The fraction of sp³-hybridized carbons (Fsp3) is 0. The molecule has 10 aromatic carbocycles. The van der Waals surface area contributed by atoms with Crippen molar-refractivity contribution in [1.29, 1.82) is 0 Å². The summed E-state index contributed by atoms with van der Waals surface area (Å²) in [5.41, 5.74) is 8.25. The topological polar surface area (TPSA) is 40.5 Å². The number of fused-ring (bicyclic) bond motifs is 12. The summed E-state index contributed by atoms with van der Waals surface area (Å²) < 4.78 is 13.4. The average molecular weight is 1170 g/mol. The van der Waals surface area contributed by atoms with Crippen LogP contribution in [0.1, 0.15) is 0 Å². The second-order valence-electron chi connectivity index (χ2n) is 16.9. The van der Waals surface area contributed by atoms with Crippen molar-refractivity contribution in [1.82, 2.24) is 0 Å². The van der Waals surface area contributed by atoms with E-state index in [0.717, 1.165) is 23.5 Å². The lowest BCUT2D eigenvalue weighted by Gasteiger charge is -2.13.